The van der Waals surface area contributed by atoms with Crippen molar-refractivity contribution in [3.8, 4) is 0 Å². The average Bonchev–Trinajstić information content (AvgIpc) is 2.38. The number of esters is 1. The number of non-ortho nitro benzene ring substituents is 1. The fourth-order valence-corrected chi connectivity index (χ4v) is 2.14. The third-order valence-electron chi connectivity index (χ3n) is 3.52. The van der Waals surface area contributed by atoms with Crippen molar-refractivity contribution in [1.82, 2.24) is 0 Å². The van der Waals surface area contributed by atoms with Gasteiger partial charge >= 0.3 is 5.97 Å². The quantitative estimate of drug-likeness (QED) is 0.509. The van der Waals surface area contributed by atoms with E-state index in [2.05, 4.69) is 5.32 Å². The number of carbonyl (C=O) groups is 2. The molecule has 22 heavy (non-hydrogen) atoms. The Hall–Kier alpha value is -2.15. The Labute approximate surface area is 131 Å². The van der Waals surface area contributed by atoms with Crippen LogP contribution in [0.3, 0.4) is 0 Å². The number of benzene rings is 1. The molecule has 0 bridgehead atoms. The molecule has 1 unspecified atom stereocenters. The number of rotatable bonds is 5. The van der Waals surface area contributed by atoms with Crippen molar-refractivity contribution >= 4 is 34.9 Å². The van der Waals surface area contributed by atoms with Gasteiger partial charge in [-0.1, -0.05) is 18.0 Å². The Kier molecular flexibility index (Phi) is 4.97. The van der Waals surface area contributed by atoms with E-state index in [-0.39, 0.29) is 28.3 Å². The van der Waals surface area contributed by atoms with Crippen LogP contribution in [-0.4, -0.2) is 22.9 Å². The van der Waals surface area contributed by atoms with Gasteiger partial charge in [-0.25, -0.2) is 0 Å². The van der Waals surface area contributed by atoms with E-state index in [0.717, 1.165) is 25.3 Å². The van der Waals surface area contributed by atoms with Gasteiger partial charge in [-0.15, -0.1) is 0 Å². The zero-order valence-corrected chi connectivity index (χ0v) is 12.6. The summed E-state index contributed by atoms with van der Waals surface area (Å²) in [5, 5.41) is 13.1. The van der Waals surface area contributed by atoms with Crippen LogP contribution in [0.4, 0.5) is 11.4 Å². The van der Waals surface area contributed by atoms with Crippen LogP contribution in [0.15, 0.2) is 18.2 Å². The number of carbonyl (C=O) groups excluding carboxylic acids is 2. The fraction of sp³-hybridized carbons (Fsp3) is 0.429. The lowest BCUT2D eigenvalue weighted by Crippen LogP contribution is -2.34. The van der Waals surface area contributed by atoms with Gasteiger partial charge in [0.2, 0.25) is 0 Å². The highest BCUT2D eigenvalue weighted by Crippen LogP contribution is 2.29. The van der Waals surface area contributed by atoms with Gasteiger partial charge in [0.15, 0.2) is 6.10 Å². The summed E-state index contributed by atoms with van der Waals surface area (Å²) in [6.45, 7) is 1.46. The van der Waals surface area contributed by atoms with Crippen molar-refractivity contribution in [3.63, 3.8) is 0 Å². The van der Waals surface area contributed by atoms with Crippen LogP contribution in [0.2, 0.25) is 5.02 Å². The van der Waals surface area contributed by atoms with E-state index >= 15 is 0 Å². The van der Waals surface area contributed by atoms with Crippen molar-refractivity contribution in [3.05, 3.63) is 33.3 Å². The lowest BCUT2D eigenvalue weighted by atomic mass is 9.86. The van der Waals surface area contributed by atoms with Crippen molar-refractivity contribution in [2.45, 2.75) is 32.3 Å². The second kappa shape index (κ2) is 6.74. The highest BCUT2D eigenvalue weighted by molar-refractivity contribution is 6.34. The molecule has 1 fully saturated rings. The number of hydrogen-bond donors (Lipinski definition) is 1. The largest absolute Gasteiger partial charge is 0.452 e. The second-order valence-electron chi connectivity index (χ2n) is 5.12. The molecule has 118 valence electrons. The Morgan fingerprint density at radius 2 is 2.14 bits per heavy atom. The minimum Gasteiger partial charge on any atom is -0.452 e. The van der Waals surface area contributed by atoms with Crippen molar-refractivity contribution in [1.29, 1.82) is 0 Å². The van der Waals surface area contributed by atoms with Gasteiger partial charge in [0.05, 0.1) is 21.6 Å². The standard InChI is InChI=1S/C14H15ClN2O5/c1-8(22-14(19)9-3-2-4-9)13(18)16-12-6-5-10(17(20)21)7-11(12)15/h5-9H,2-4H2,1H3,(H,16,18). The number of nitro groups is 1. The molecule has 1 aromatic carbocycles. The van der Waals surface area contributed by atoms with E-state index in [1.54, 1.807) is 0 Å². The van der Waals surface area contributed by atoms with E-state index in [1.807, 2.05) is 0 Å². The highest BCUT2D eigenvalue weighted by atomic mass is 35.5. The molecule has 0 saturated heterocycles. The highest BCUT2D eigenvalue weighted by Gasteiger charge is 2.29. The predicted octanol–water partition coefficient (Wildman–Crippen LogP) is 2.92. The fourth-order valence-electron chi connectivity index (χ4n) is 1.92. The molecule has 1 aromatic rings. The molecule has 0 spiro atoms. The number of nitrogens with zero attached hydrogens (tertiary/aromatic N) is 1. The Balaban J connectivity index is 1.95. The summed E-state index contributed by atoms with van der Waals surface area (Å²) >= 11 is 5.88. The minimum atomic E-state index is -0.959. The Bertz CT molecular complexity index is 615. The minimum absolute atomic E-state index is 0.0417. The summed E-state index contributed by atoms with van der Waals surface area (Å²) in [4.78, 5) is 33.7. The summed E-state index contributed by atoms with van der Waals surface area (Å²) in [5.41, 5.74) is 0.0521. The number of nitro benzene ring substituents is 1. The van der Waals surface area contributed by atoms with E-state index in [0.29, 0.717) is 0 Å². The molecule has 1 aliphatic rings. The zero-order chi connectivity index (χ0) is 16.3. The molecule has 0 radical (unpaired) electrons. The molecule has 1 amide bonds. The van der Waals surface area contributed by atoms with Crippen LogP contribution in [0.25, 0.3) is 0 Å². The van der Waals surface area contributed by atoms with Crippen LogP contribution in [0.5, 0.6) is 0 Å². The van der Waals surface area contributed by atoms with Crippen LogP contribution >= 0.6 is 11.6 Å². The summed E-state index contributed by atoms with van der Waals surface area (Å²) in [6.07, 6.45) is 1.63. The van der Waals surface area contributed by atoms with Crippen LogP contribution in [0, 0.1) is 16.0 Å². The molecular formula is C14H15ClN2O5. The van der Waals surface area contributed by atoms with Gasteiger partial charge in [-0.3, -0.25) is 19.7 Å². The topological polar surface area (TPSA) is 98.5 Å². The van der Waals surface area contributed by atoms with Crippen LogP contribution in [-0.2, 0) is 14.3 Å². The third-order valence-corrected chi connectivity index (χ3v) is 3.83. The van der Waals surface area contributed by atoms with Gasteiger partial charge < -0.3 is 10.1 Å². The summed E-state index contributed by atoms with van der Waals surface area (Å²) in [5.74, 6) is -1.02. The maximum atomic E-state index is 12.0. The van der Waals surface area contributed by atoms with Crippen molar-refractivity contribution in [2.75, 3.05) is 5.32 Å². The molecule has 1 saturated carbocycles. The van der Waals surface area contributed by atoms with Gasteiger partial charge in [0.1, 0.15) is 0 Å². The number of amides is 1. The van der Waals surface area contributed by atoms with Gasteiger partial charge in [-0.2, -0.15) is 0 Å². The van der Waals surface area contributed by atoms with Gasteiger partial charge in [0, 0.05) is 12.1 Å². The van der Waals surface area contributed by atoms with Crippen LogP contribution < -0.4 is 5.32 Å². The molecule has 0 heterocycles. The average molecular weight is 327 g/mol. The van der Waals surface area contributed by atoms with Gasteiger partial charge in [-0.05, 0) is 25.8 Å². The van der Waals surface area contributed by atoms with Crippen molar-refractivity contribution < 1.29 is 19.2 Å². The molecule has 2 rings (SSSR count). The van der Waals surface area contributed by atoms with Crippen molar-refractivity contribution in [2.24, 2.45) is 5.92 Å². The van der Waals surface area contributed by atoms with Gasteiger partial charge in [0.25, 0.3) is 11.6 Å². The molecule has 1 aliphatic carbocycles. The molecule has 1 atom stereocenters. The zero-order valence-electron chi connectivity index (χ0n) is 11.9. The number of anilines is 1. The van der Waals surface area contributed by atoms with E-state index in [1.165, 1.54) is 19.1 Å². The summed E-state index contributed by atoms with van der Waals surface area (Å²) < 4.78 is 5.09. The first-order chi connectivity index (χ1) is 10.4. The number of halogens is 1. The lowest BCUT2D eigenvalue weighted by molar-refractivity contribution is -0.384. The molecule has 0 aliphatic heterocycles. The molecule has 8 heteroatoms. The number of nitrogens with one attached hydrogen (secondary N) is 1. The molecule has 7 nitrogen and oxygen atoms in total. The SMILES string of the molecule is CC(OC(=O)C1CCC1)C(=O)Nc1ccc([N+](=O)[O-])cc1Cl. The Morgan fingerprint density at radius 3 is 2.64 bits per heavy atom. The van der Waals surface area contributed by atoms with E-state index < -0.39 is 16.9 Å². The van der Waals surface area contributed by atoms with E-state index in [9.17, 15) is 19.7 Å². The summed E-state index contributed by atoms with van der Waals surface area (Å²) in [6, 6.07) is 3.70. The molecular weight excluding hydrogens is 312 g/mol. The van der Waals surface area contributed by atoms with E-state index in [4.69, 9.17) is 16.3 Å². The maximum Gasteiger partial charge on any atom is 0.309 e. The first-order valence-corrected chi connectivity index (χ1v) is 7.21. The normalized spacial score (nSPS) is 15.5. The Morgan fingerprint density at radius 1 is 1.45 bits per heavy atom. The molecule has 1 N–H and O–H groups in total. The maximum absolute atomic E-state index is 12.0. The first-order valence-electron chi connectivity index (χ1n) is 6.84. The summed E-state index contributed by atoms with van der Waals surface area (Å²) in [7, 11) is 0. The number of ether oxygens (including phenoxy) is 1. The number of hydrogen-bond acceptors (Lipinski definition) is 5. The third kappa shape index (κ3) is 3.73. The predicted molar refractivity (Wildman–Crippen MR) is 79.6 cm³/mol. The smallest absolute Gasteiger partial charge is 0.309 e. The van der Waals surface area contributed by atoms with Crippen LogP contribution in [0.1, 0.15) is 26.2 Å². The monoisotopic (exact) mass is 326 g/mol. The first kappa shape index (κ1) is 16.2. The lowest BCUT2D eigenvalue weighted by Gasteiger charge is -2.24. The molecule has 0 aromatic heterocycles. The second-order valence-corrected chi connectivity index (χ2v) is 5.52.